The Balaban J connectivity index is 1.85. The zero-order chi connectivity index (χ0) is 13.1. The monoisotopic (exact) mass is 246 g/mol. The second-order valence-corrected chi connectivity index (χ2v) is 4.63. The standard InChI is InChI=1S/C18H14O/c19-18(12-9-14-5-1-2-6-14)17-11-10-15-7-3-4-8-16(15)13-17/h1-14H/b12-9+. The van der Waals surface area contributed by atoms with Crippen LogP contribution in [0.1, 0.15) is 10.4 Å². The lowest BCUT2D eigenvalue weighted by molar-refractivity contribution is 0.104. The molecule has 0 spiro atoms. The van der Waals surface area contributed by atoms with Gasteiger partial charge in [-0.25, -0.2) is 0 Å². The lowest BCUT2D eigenvalue weighted by Crippen LogP contribution is -1.95. The Bertz CT molecular complexity index is 692. The Hall–Kier alpha value is -2.41. The van der Waals surface area contributed by atoms with Crippen LogP contribution >= 0.6 is 0 Å². The molecule has 0 unspecified atom stereocenters. The van der Waals surface area contributed by atoms with E-state index in [1.807, 2.05) is 60.7 Å². The molecule has 2 aromatic rings. The quantitative estimate of drug-likeness (QED) is 0.582. The summed E-state index contributed by atoms with van der Waals surface area (Å²) in [5, 5.41) is 2.26. The Morgan fingerprint density at radius 2 is 1.68 bits per heavy atom. The van der Waals surface area contributed by atoms with Gasteiger partial charge in [0.05, 0.1) is 0 Å². The van der Waals surface area contributed by atoms with Gasteiger partial charge in [0.1, 0.15) is 0 Å². The summed E-state index contributed by atoms with van der Waals surface area (Å²) in [4.78, 5) is 12.1. The van der Waals surface area contributed by atoms with Gasteiger partial charge in [-0.1, -0.05) is 66.8 Å². The van der Waals surface area contributed by atoms with Gasteiger partial charge in [0.15, 0.2) is 5.78 Å². The van der Waals surface area contributed by atoms with Crippen LogP contribution in [-0.4, -0.2) is 5.78 Å². The number of carbonyl (C=O) groups excluding carboxylic acids is 1. The summed E-state index contributed by atoms with van der Waals surface area (Å²) in [6.07, 6.45) is 11.7. The molecule has 1 nitrogen and oxygen atoms in total. The van der Waals surface area contributed by atoms with E-state index in [1.54, 1.807) is 6.08 Å². The largest absolute Gasteiger partial charge is 0.289 e. The zero-order valence-corrected chi connectivity index (χ0v) is 10.5. The fourth-order valence-corrected chi connectivity index (χ4v) is 2.21. The lowest BCUT2D eigenvalue weighted by atomic mass is 10.0. The maximum atomic E-state index is 12.1. The minimum absolute atomic E-state index is 0.0550. The number of carbonyl (C=O) groups is 1. The Morgan fingerprint density at radius 1 is 0.947 bits per heavy atom. The van der Waals surface area contributed by atoms with E-state index in [9.17, 15) is 4.79 Å². The highest BCUT2D eigenvalue weighted by Crippen LogP contribution is 2.17. The van der Waals surface area contributed by atoms with Crippen LogP contribution in [0.25, 0.3) is 10.8 Å². The average Bonchev–Trinajstić information content (AvgIpc) is 2.97. The molecule has 0 saturated heterocycles. The van der Waals surface area contributed by atoms with Gasteiger partial charge in [-0.15, -0.1) is 0 Å². The molecular formula is C18H14O. The van der Waals surface area contributed by atoms with E-state index in [-0.39, 0.29) is 11.7 Å². The second kappa shape index (κ2) is 5.07. The number of fused-ring (bicyclic) bond motifs is 1. The van der Waals surface area contributed by atoms with Crippen LogP contribution in [-0.2, 0) is 0 Å². The molecule has 1 heteroatoms. The predicted molar refractivity (Wildman–Crippen MR) is 79.2 cm³/mol. The van der Waals surface area contributed by atoms with Gasteiger partial charge in [-0.05, 0) is 22.9 Å². The van der Waals surface area contributed by atoms with Crippen LogP contribution in [0.4, 0.5) is 0 Å². The summed E-state index contributed by atoms with van der Waals surface area (Å²) in [6, 6.07) is 13.9. The first-order valence-electron chi connectivity index (χ1n) is 6.39. The van der Waals surface area contributed by atoms with Crippen molar-refractivity contribution in [3.63, 3.8) is 0 Å². The molecule has 0 saturated carbocycles. The van der Waals surface area contributed by atoms with Crippen molar-refractivity contribution < 1.29 is 4.79 Å². The van der Waals surface area contributed by atoms with E-state index < -0.39 is 0 Å². The Kier molecular flexibility index (Phi) is 3.11. The number of ketones is 1. The van der Waals surface area contributed by atoms with Crippen LogP contribution in [0.3, 0.4) is 0 Å². The van der Waals surface area contributed by atoms with Gasteiger partial charge >= 0.3 is 0 Å². The summed E-state index contributed by atoms with van der Waals surface area (Å²) in [7, 11) is 0. The predicted octanol–water partition coefficient (Wildman–Crippen LogP) is 4.32. The molecule has 0 fully saturated rings. The van der Waals surface area contributed by atoms with Gasteiger partial charge in [0, 0.05) is 11.5 Å². The van der Waals surface area contributed by atoms with Crippen molar-refractivity contribution in [1.82, 2.24) is 0 Å². The lowest BCUT2D eigenvalue weighted by Gasteiger charge is -2.01. The van der Waals surface area contributed by atoms with Gasteiger partial charge < -0.3 is 0 Å². The highest BCUT2D eigenvalue weighted by molar-refractivity contribution is 6.06. The number of rotatable bonds is 3. The highest BCUT2D eigenvalue weighted by Gasteiger charge is 2.04. The van der Waals surface area contributed by atoms with Crippen molar-refractivity contribution in [2.45, 2.75) is 0 Å². The minimum atomic E-state index is 0.0550. The molecule has 2 aromatic carbocycles. The Labute approximate surface area is 112 Å². The molecular weight excluding hydrogens is 232 g/mol. The van der Waals surface area contributed by atoms with Gasteiger partial charge in [0.2, 0.25) is 0 Å². The number of hydrogen-bond donors (Lipinski definition) is 0. The normalized spacial score (nSPS) is 14.7. The maximum Gasteiger partial charge on any atom is 0.185 e. The summed E-state index contributed by atoms with van der Waals surface area (Å²) in [5.41, 5.74) is 0.737. The van der Waals surface area contributed by atoms with Crippen LogP contribution < -0.4 is 0 Å². The third kappa shape index (κ3) is 2.55. The van der Waals surface area contributed by atoms with E-state index in [0.29, 0.717) is 0 Å². The van der Waals surface area contributed by atoms with Crippen molar-refractivity contribution in [2.24, 2.45) is 5.92 Å². The third-order valence-electron chi connectivity index (χ3n) is 3.28. The maximum absolute atomic E-state index is 12.1. The molecule has 0 bridgehead atoms. The van der Waals surface area contributed by atoms with Crippen molar-refractivity contribution in [3.05, 3.63) is 84.5 Å². The van der Waals surface area contributed by atoms with E-state index in [1.165, 1.54) is 0 Å². The molecule has 0 N–H and O–H groups in total. The molecule has 19 heavy (non-hydrogen) atoms. The molecule has 3 rings (SSSR count). The van der Waals surface area contributed by atoms with Crippen molar-refractivity contribution in [3.8, 4) is 0 Å². The molecule has 0 heterocycles. The fraction of sp³-hybridized carbons (Fsp3) is 0.0556. The SMILES string of the molecule is O=C(/C=C/C1C=CC=C1)c1ccc2ccccc2c1. The second-order valence-electron chi connectivity index (χ2n) is 4.63. The first-order valence-corrected chi connectivity index (χ1v) is 6.39. The van der Waals surface area contributed by atoms with E-state index in [2.05, 4.69) is 12.2 Å². The van der Waals surface area contributed by atoms with Crippen LogP contribution in [0.5, 0.6) is 0 Å². The molecule has 0 aromatic heterocycles. The van der Waals surface area contributed by atoms with Gasteiger partial charge in [-0.2, -0.15) is 0 Å². The van der Waals surface area contributed by atoms with Gasteiger partial charge in [0.25, 0.3) is 0 Å². The average molecular weight is 246 g/mol. The third-order valence-corrected chi connectivity index (χ3v) is 3.28. The summed E-state index contributed by atoms with van der Waals surface area (Å²) in [5.74, 6) is 0.309. The van der Waals surface area contributed by atoms with Crippen molar-refractivity contribution in [1.29, 1.82) is 0 Å². The zero-order valence-electron chi connectivity index (χ0n) is 10.5. The first-order chi connectivity index (χ1) is 9.33. The molecule has 0 radical (unpaired) electrons. The molecule has 92 valence electrons. The summed E-state index contributed by atoms with van der Waals surface area (Å²) in [6.45, 7) is 0. The smallest absolute Gasteiger partial charge is 0.185 e. The van der Waals surface area contributed by atoms with E-state index >= 15 is 0 Å². The molecule has 1 aliphatic rings. The topological polar surface area (TPSA) is 17.1 Å². The van der Waals surface area contributed by atoms with Gasteiger partial charge in [-0.3, -0.25) is 4.79 Å². The van der Waals surface area contributed by atoms with Crippen LogP contribution in [0.2, 0.25) is 0 Å². The molecule has 0 amide bonds. The van der Waals surface area contributed by atoms with Crippen LogP contribution in [0.15, 0.2) is 78.9 Å². The number of allylic oxidation sites excluding steroid dienone is 6. The molecule has 1 aliphatic carbocycles. The number of benzene rings is 2. The van der Waals surface area contributed by atoms with Crippen molar-refractivity contribution >= 4 is 16.6 Å². The summed E-state index contributed by atoms with van der Waals surface area (Å²) >= 11 is 0. The Morgan fingerprint density at radius 3 is 2.47 bits per heavy atom. The fourth-order valence-electron chi connectivity index (χ4n) is 2.21. The van der Waals surface area contributed by atoms with Crippen molar-refractivity contribution in [2.75, 3.05) is 0 Å². The summed E-state index contributed by atoms with van der Waals surface area (Å²) < 4.78 is 0. The number of hydrogen-bond acceptors (Lipinski definition) is 1. The highest BCUT2D eigenvalue weighted by atomic mass is 16.1. The minimum Gasteiger partial charge on any atom is -0.289 e. The van der Waals surface area contributed by atoms with E-state index in [4.69, 9.17) is 0 Å². The van der Waals surface area contributed by atoms with Crippen LogP contribution in [0, 0.1) is 5.92 Å². The molecule has 0 aliphatic heterocycles. The first kappa shape index (κ1) is 11.7. The molecule has 0 atom stereocenters. The van der Waals surface area contributed by atoms with E-state index in [0.717, 1.165) is 16.3 Å².